The van der Waals surface area contributed by atoms with E-state index in [-0.39, 0.29) is 18.5 Å². The first-order chi connectivity index (χ1) is 12.9. The average Bonchev–Trinajstić information content (AvgIpc) is 2.65. The highest BCUT2D eigenvalue weighted by molar-refractivity contribution is 7.92. The van der Waals surface area contributed by atoms with Crippen LogP contribution in [-0.2, 0) is 21.2 Å². The van der Waals surface area contributed by atoms with Gasteiger partial charge in [0.2, 0.25) is 15.9 Å². The lowest BCUT2D eigenvalue weighted by molar-refractivity contribution is -0.120. The first-order valence-corrected chi connectivity index (χ1v) is 10.6. The van der Waals surface area contributed by atoms with Crippen molar-refractivity contribution in [2.45, 2.75) is 25.3 Å². The van der Waals surface area contributed by atoms with Gasteiger partial charge in [-0.3, -0.25) is 9.10 Å². The van der Waals surface area contributed by atoms with Crippen LogP contribution in [0.15, 0.2) is 48.5 Å². The maximum absolute atomic E-state index is 12.6. The molecule has 1 aliphatic carbocycles. The van der Waals surface area contributed by atoms with E-state index in [1.807, 2.05) is 24.3 Å². The molecule has 1 aliphatic rings. The number of amides is 1. The van der Waals surface area contributed by atoms with Gasteiger partial charge in [-0.15, -0.1) is 0 Å². The topological polar surface area (TPSA) is 90.3 Å². The number of hydrogen-bond donors (Lipinski definition) is 1. The molecule has 2 aromatic rings. The Bertz CT molecular complexity index is 996. The number of sulfonamides is 1. The van der Waals surface area contributed by atoms with E-state index in [1.165, 1.54) is 11.6 Å². The largest absolute Gasteiger partial charge is 0.348 e. The van der Waals surface area contributed by atoms with Gasteiger partial charge >= 0.3 is 0 Å². The molecule has 1 N–H and O–H groups in total. The molecule has 0 aromatic heterocycles. The van der Waals surface area contributed by atoms with Crippen LogP contribution in [0.5, 0.6) is 0 Å². The van der Waals surface area contributed by atoms with Gasteiger partial charge in [0.15, 0.2) is 0 Å². The number of anilines is 1. The summed E-state index contributed by atoms with van der Waals surface area (Å²) < 4.78 is 25.5. The fourth-order valence-corrected chi connectivity index (χ4v) is 4.25. The molecule has 0 saturated carbocycles. The first-order valence-electron chi connectivity index (χ1n) is 8.73. The Hall–Kier alpha value is -2.85. The third-order valence-corrected chi connectivity index (χ3v) is 5.80. The van der Waals surface area contributed by atoms with E-state index >= 15 is 0 Å². The molecule has 0 heterocycles. The Kier molecular flexibility index (Phi) is 5.47. The van der Waals surface area contributed by atoms with Gasteiger partial charge in [-0.05, 0) is 48.6 Å². The number of carbonyl (C=O) groups is 1. The van der Waals surface area contributed by atoms with Crippen molar-refractivity contribution in [1.29, 1.82) is 5.26 Å². The summed E-state index contributed by atoms with van der Waals surface area (Å²) in [4.78, 5) is 12.6. The van der Waals surface area contributed by atoms with Gasteiger partial charge in [0, 0.05) is 0 Å². The quantitative estimate of drug-likeness (QED) is 0.859. The maximum atomic E-state index is 12.6. The predicted octanol–water partition coefficient (Wildman–Crippen LogP) is 2.52. The predicted molar refractivity (Wildman–Crippen MR) is 104 cm³/mol. The van der Waals surface area contributed by atoms with E-state index in [0.717, 1.165) is 35.4 Å². The van der Waals surface area contributed by atoms with Crippen molar-refractivity contribution in [2.75, 3.05) is 17.1 Å². The van der Waals surface area contributed by atoms with Crippen LogP contribution in [-0.4, -0.2) is 27.1 Å². The standard InChI is InChI=1S/C20H21N3O3S/c1-27(25,26)23(17-9-4-6-15(12-17)13-21)14-20(24)22-19-11-5-8-16-7-2-3-10-18(16)19/h2-4,6-7,9-10,12,19H,5,8,11,14H2,1H3,(H,22,24)/t19-/m0/s1. The van der Waals surface area contributed by atoms with E-state index in [4.69, 9.17) is 5.26 Å². The van der Waals surface area contributed by atoms with Crippen molar-refractivity contribution < 1.29 is 13.2 Å². The molecule has 6 nitrogen and oxygen atoms in total. The molecule has 0 fully saturated rings. The zero-order valence-electron chi connectivity index (χ0n) is 15.1. The lowest BCUT2D eigenvalue weighted by Gasteiger charge is -2.28. The first kappa shape index (κ1) is 18.9. The average molecular weight is 383 g/mol. The van der Waals surface area contributed by atoms with Crippen LogP contribution >= 0.6 is 0 Å². The van der Waals surface area contributed by atoms with Gasteiger partial charge in [-0.2, -0.15) is 5.26 Å². The summed E-state index contributed by atoms with van der Waals surface area (Å²) in [5.41, 5.74) is 2.95. The number of carbonyl (C=O) groups excluding carboxylic acids is 1. The van der Waals surface area contributed by atoms with Gasteiger partial charge in [-0.25, -0.2) is 8.42 Å². The third kappa shape index (κ3) is 4.47. The second kappa shape index (κ2) is 7.80. The van der Waals surface area contributed by atoms with Crippen molar-refractivity contribution in [3.8, 4) is 6.07 Å². The summed E-state index contributed by atoms with van der Waals surface area (Å²) in [6, 6.07) is 16.1. The molecule has 1 atom stereocenters. The second-order valence-electron chi connectivity index (χ2n) is 6.64. The summed E-state index contributed by atoms with van der Waals surface area (Å²) in [6.07, 6.45) is 3.84. The molecule has 27 heavy (non-hydrogen) atoms. The van der Waals surface area contributed by atoms with Crippen molar-refractivity contribution in [3.05, 3.63) is 65.2 Å². The van der Waals surface area contributed by atoms with E-state index < -0.39 is 10.0 Å². The Balaban J connectivity index is 1.79. The highest BCUT2D eigenvalue weighted by Gasteiger charge is 2.25. The molecule has 0 saturated heterocycles. The van der Waals surface area contributed by atoms with Crippen LogP contribution in [0, 0.1) is 11.3 Å². The van der Waals surface area contributed by atoms with Gasteiger partial charge in [0.05, 0.1) is 29.6 Å². The Morgan fingerprint density at radius 1 is 1.26 bits per heavy atom. The lowest BCUT2D eigenvalue weighted by Crippen LogP contribution is -2.42. The molecule has 7 heteroatoms. The molecule has 0 spiro atoms. The minimum Gasteiger partial charge on any atom is -0.348 e. The fraction of sp³-hybridized carbons (Fsp3) is 0.300. The SMILES string of the molecule is CS(=O)(=O)N(CC(=O)N[C@H]1CCCc2ccccc21)c1cccc(C#N)c1. The normalized spacial score (nSPS) is 16.1. The molecule has 2 aromatic carbocycles. The molecule has 0 aliphatic heterocycles. The van der Waals surface area contributed by atoms with E-state index in [9.17, 15) is 13.2 Å². The van der Waals surface area contributed by atoms with Crippen LogP contribution in [0.4, 0.5) is 5.69 Å². The zero-order valence-corrected chi connectivity index (χ0v) is 15.9. The third-order valence-electron chi connectivity index (χ3n) is 4.66. The molecule has 3 rings (SSSR count). The summed E-state index contributed by atoms with van der Waals surface area (Å²) in [6.45, 7) is -0.327. The monoisotopic (exact) mass is 383 g/mol. The fourth-order valence-electron chi connectivity index (χ4n) is 3.40. The maximum Gasteiger partial charge on any atom is 0.241 e. The smallest absolute Gasteiger partial charge is 0.241 e. The van der Waals surface area contributed by atoms with Crippen LogP contribution in [0.3, 0.4) is 0 Å². The summed E-state index contributed by atoms with van der Waals surface area (Å²) in [7, 11) is -3.68. The molecular formula is C20H21N3O3S. The number of rotatable bonds is 5. The van der Waals surface area contributed by atoms with Gasteiger partial charge in [-0.1, -0.05) is 30.3 Å². The number of benzene rings is 2. The van der Waals surface area contributed by atoms with Crippen molar-refractivity contribution in [2.24, 2.45) is 0 Å². The Morgan fingerprint density at radius 3 is 2.78 bits per heavy atom. The summed E-state index contributed by atoms with van der Waals surface area (Å²) >= 11 is 0. The van der Waals surface area contributed by atoms with Crippen LogP contribution in [0.2, 0.25) is 0 Å². The number of hydrogen-bond acceptors (Lipinski definition) is 4. The van der Waals surface area contributed by atoms with E-state index in [2.05, 4.69) is 11.4 Å². The summed E-state index contributed by atoms with van der Waals surface area (Å²) in [5, 5.41) is 12.0. The number of nitriles is 1. The number of nitrogens with one attached hydrogen (secondary N) is 1. The number of fused-ring (bicyclic) bond motifs is 1. The molecule has 0 bridgehead atoms. The second-order valence-corrected chi connectivity index (χ2v) is 8.55. The van der Waals surface area contributed by atoms with Crippen LogP contribution in [0.25, 0.3) is 0 Å². The number of nitrogens with zero attached hydrogens (tertiary/aromatic N) is 2. The Labute approximate surface area is 159 Å². The Morgan fingerprint density at radius 2 is 2.04 bits per heavy atom. The highest BCUT2D eigenvalue weighted by Crippen LogP contribution is 2.29. The van der Waals surface area contributed by atoms with Gasteiger partial charge in [0.25, 0.3) is 0 Å². The number of aryl methyl sites for hydroxylation is 1. The molecule has 1 amide bonds. The molecular weight excluding hydrogens is 362 g/mol. The zero-order chi connectivity index (χ0) is 19.4. The lowest BCUT2D eigenvalue weighted by atomic mass is 9.88. The minimum absolute atomic E-state index is 0.116. The van der Waals surface area contributed by atoms with Gasteiger partial charge in [0.1, 0.15) is 6.54 Å². The molecule has 140 valence electrons. The highest BCUT2D eigenvalue weighted by atomic mass is 32.2. The van der Waals surface area contributed by atoms with E-state index in [1.54, 1.807) is 18.2 Å². The summed E-state index contributed by atoms with van der Waals surface area (Å²) in [5.74, 6) is -0.371. The van der Waals surface area contributed by atoms with Crippen LogP contribution in [0.1, 0.15) is 35.6 Å². The van der Waals surface area contributed by atoms with Crippen LogP contribution < -0.4 is 9.62 Å². The van der Waals surface area contributed by atoms with E-state index in [0.29, 0.717) is 11.3 Å². The van der Waals surface area contributed by atoms with Crippen molar-refractivity contribution in [3.63, 3.8) is 0 Å². The van der Waals surface area contributed by atoms with Gasteiger partial charge < -0.3 is 5.32 Å². The molecule has 0 radical (unpaired) electrons. The van der Waals surface area contributed by atoms with Crippen molar-refractivity contribution in [1.82, 2.24) is 5.32 Å². The molecule has 0 unspecified atom stereocenters. The minimum atomic E-state index is -3.68. The van der Waals surface area contributed by atoms with Crippen molar-refractivity contribution >= 4 is 21.6 Å².